The van der Waals surface area contributed by atoms with Crippen molar-refractivity contribution >= 4 is 10.9 Å². The van der Waals surface area contributed by atoms with Crippen LogP contribution in [0.4, 0.5) is 0 Å². The third kappa shape index (κ3) is 1.86. The van der Waals surface area contributed by atoms with Crippen molar-refractivity contribution in [2.75, 3.05) is 13.7 Å². The number of aromatic nitrogens is 2. The van der Waals surface area contributed by atoms with Crippen LogP contribution in [0, 0.1) is 6.92 Å². The van der Waals surface area contributed by atoms with Gasteiger partial charge in [0, 0.05) is 6.61 Å². The molecule has 4 heteroatoms. The Kier molecular flexibility index (Phi) is 2.96. The molecular formula is C14H18N2O2. The maximum Gasteiger partial charge on any atom is 0.150 e. The largest absolute Gasteiger partial charge is 0.496 e. The van der Waals surface area contributed by atoms with Crippen LogP contribution >= 0.6 is 0 Å². The van der Waals surface area contributed by atoms with Crippen LogP contribution in [0.25, 0.3) is 10.9 Å². The van der Waals surface area contributed by atoms with Crippen LogP contribution < -0.4 is 4.74 Å². The van der Waals surface area contributed by atoms with Crippen molar-refractivity contribution in [3.05, 3.63) is 23.9 Å². The highest BCUT2D eigenvalue weighted by Gasteiger charge is 2.19. The average Bonchev–Trinajstić information content (AvgIpc) is 2.82. The van der Waals surface area contributed by atoms with E-state index in [1.165, 1.54) is 12.0 Å². The van der Waals surface area contributed by atoms with Crippen molar-refractivity contribution in [1.29, 1.82) is 0 Å². The van der Waals surface area contributed by atoms with E-state index in [1.807, 2.05) is 16.9 Å². The van der Waals surface area contributed by atoms with Gasteiger partial charge in [-0.2, -0.15) is 5.10 Å². The molecule has 3 rings (SSSR count). The monoisotopic (exact) mass is 246 g/mol. The Labute approximate surface area is 106 Å². The van der Waals surface area contributed by atoms with E-state index < -0.39 is 0 Å². The molecule has 0 spiro atoms. The summed E-state index contributed by atoms with van der Waals surface area (Å²) in [4.78, 5) is 0. The lowest BCUT2D eigenvalue weighted by molar-refractivity contribution is -0.0366. The van der Waals surface area contributed by atoms with Crippen LogP contribution in [0.3, 0.4) is 0 Å². The molecule has 2 aromatic rings. The first-order valence-corrected chi connectivity index (χ1v) is 6.43. The SMILES string of the molecule is COc1cc(C)cc2c1cnn2C1CCCCO1. The second-order valence-electron chi connectivity index (χ2n) is 4.81. The molecule has 18 heavy (non-hydrogen) atoms. The van der Waals surface area contributed by atoms with Gasteiger partial charge < -0.3 is 9.47 Å². The van der Waals surface area contributed by atoms with E-state index >= 15 is 0 Å². The number of hydrogen-bond acceptors (Lipinski definition) is 3. The third-order valence-corrected chi connectivity index (χ3v) is 3.47. The van der Waals surface area contributed by atoms with Crippen molar-refractivity contribution in [2.45, 2.75) is 32.4 Å². The van der Waals surface area contributed by atoms with Gasteiger partial charge in [-0.25, -0.2) is 4.68 Å². The van der Waals surface area contributed by atoms with E-state index in [4.69, 9.17) is 9.47 Å². The zero-order valence-corrected chi connectivity index (χ0v) is 10.8. The van der Waals surface area contributed by atoms with Gasteiger partial charge in [-0.1, -0.05) is 0 Å². The Morgan fingerprint density at radius 3 is 3.00 bits per heavy atom. The summed E-state index contributed by atoms with van der Waals surface area (Å²) in [6.07, 6.45) is 5.33. The summed E-state index contributed by atoms with van der Waals surface area (Å²) in [6, 6.07) is 4.18. The summed E-state index contributed by atoms with van der Waals surface area (Å²) in [6.45, 7) is 2.90. The second-order valence-corrected chi connectivity index (χ2v) is 4.81. The van der Waals surface area contributed by atoms with Crippen LogP contribution in [0.1, 0.15) is 31.1 Å². The van der Waals surface area contributed by atoms with E-state index in [0.717, 1.165) is 36.1 Å². The molecule has 1 aliphatic heterocycles. The van der Waals surface area contributed by atoms with Gasteiger partial charge in [0.25, 0.3) is 0 Å². The van der Waals surface area contributed by atoms with Crippen LogP contribution in [0.5, 0.6) is 5.75 Å². The van der Waals surface area contributed by atoms with Crippen LogP contribution in [-0.2, 0) is 4.74 Å². The fourth-order valence-electron chi connectivity index (χ4n) is 2.56. The molecule has 4 nitrogen and oxygen atoms in total. The molecule has 1 atom stereocenters. The van der Waals surface area contributed by atoms with Crippen LogP contribution in [0.2, 0.25) is 0 Å². The Morgan fingerprint density at radius 2 is 2.28 bits per heavy atom. The van der Waals surface area contributed by atoms with Gasteiger partial charge in [0.2, 0.25) is 0 Å². The van der Waals surface area contributed by atoms with Crippen LogP contribution in [0.15, 0.2) is 18.3 Å². The molecule has 0 saturated carbocycles. The lowest BCUT2D eigenvalue weighted by Crippen LogP contribution is -2.18. The number of ether oxygens (including phenoxy) is 2. The topological polar surface area (TPSA) is 36.3 Å². The zero-order chi connectivity index (χ0) is 12.5. The standard InChI is InChI=1S/C14H18N2O2/c1-10-7-12-11(13(8-10)17-2)9-15-16(12)14-5-3-4-6-18-14/h7-9,14H,3-6H2,1-2H3. The molecular weight excluding hydrogens is 228 g/mol. The fraction of sp³-hybridized carbons (Fsp3) is 0.500. The third-order valence-electron chi connectivity index (χ3n) is 3.47. The molecule has 96 valence electrons. The summed E-state index contributed by atoms with van der Waals surface area (Å²) < 4.78 is 13.2. The molecule has 1 aromatic heterocycles. The Bertz CT molecular complexity index is 556. The predicted octanol–water partition coefficient (Wildman–Crippen LogP) is 3.05. The van der Waals surface area contributed by atoms with Crippen molar-refractivity contribution in [3.63, 3.8) is 0 Å². The van der Waals surface area contributed by atoms with E-state index in [2.05, 4.69) is 18.1 Å². The predicted molar refractivity (Wildman–Crippen MR) is 69.9 cm³/mol. The number of benzene rings is 1. The van der Waals surface area contributed by atoms with Gasteiger partial charge in [0.15, 0.2) is 6.23 Å². The summed E-state index contributed by atoms with van der Waals surface area (Å²) >= 11 is 0. The van der Waals surface area contributed by atoms with Gasteiger partial charge in [-0.15, -0.1) is 0 Å². The molecule has 0 aliphatic carbocycles. The number of hydrogen-bond donors (Lipinski definition) is 0. The van der Waals surface area contributed by atoms with Gasteiger partial charge in [-0.05, 0) is 43.9 Å². The maximum atomic E-state index is 5.80. The number of aryl methyl sites for hydroxylation is 1. The number of methoxy groups -OCH3 is 1. The van der Waals surface area contributed by atoms with E-state index in [-0.39, 0.29) is 6.23 Å². The number of nitrogens with zero attached hydrogens (tertiary/aromatic N) is 2. The molecule has 0 amide bonds. The smallest absolute Gasteiger partial charge is 0.150 e. The second kappa shape index (κ2) is 4.61. The number of fused-ring (bicyclic) bond motifs is 1. The molecule has 1 unspecified atom stereocenters. The Balaban J connectivity index is 2.10. The molecule has 0 bridgehead atoms. The minimum Gasteiger partial charge on any atom is -0.496 e. The van der Waals surface area contributed by atoms with E-state index in [9.17, 15) is 0 Å². The summed E-state index contributed by atoms with van der Waals surface area (Å²) in [5.74, 6) is 0.882. The first-order chi connectivity index (χ1) is 8.79. The number of rotatable bonds is 2. The highest BCUT2D eigenvalue weighted by molar-refractivity contribution is 5.86. The van der Waals surface area contributed by atoms with Crippen LogP contribution in [-0.4, -0.2) is 23.5 Å². The Hall–Kier alpha value is -1.55. The summed E-state index contributed by atoms with van der Waals surface area (Å²) in [5, 5.41) is 5.53. The molecule has 2 heterocycles. The minimum absolute atomic E-state index is 0.0720. The van der Waals surface area contributed by atoms with Crippen molar-refractivity contribution in [3.8, 4) is 5.75 Å². The first kappa shape index (κ1) is 11.5. The fourth-order valence-corrected chi connectivity index (χ4v) is 2.56. The highest BCUT2D eigenvalue weighted by Crippen LogP contribution is 2.31. The average molecular weight is 246 g/mol. The van der Waals surface area contributed by atoms with Gasteiger partial charge in [0.1, 0.15) is 5.75 Å². The summed E-state index contributed by atoms with van der Waals surface area (Å²) in [5.41, 5.74) is 2.27. The lowest BCUT2D eigenvalue weighted by Gasteiger charge is -2.23. The molecule has 1 saturated heterocycles. The molecule has 0 radical (unpaired) electrons. The lowest BCUT2D eigenvalue weighted by atomic mass is 10.1. The minimum atomic E-state index is 0.0720. The normalized spacial score (nSPS) is 20.2. The van der Waals surface area contributed by atoms with Crippen molar-refractivity contribution in [1.82, 2.24) is 9.78 Å². The first-order valence-electron chi connectivity index (χ1n) is 6.43. The molecule has 1 fully saturated rings. The maximum absolute atomic E-state index is 5.80. The molecule has 1 aliphatic rings. The van der Waals surface area contributed by atoms with Gasteiger partial charge in [0.05, 0.1) is 24.2 Å². The quantitative estimate of drug-likeness (QED) is 0.817. The molecule has 0 N–H and O–H groups in total. The Morgan fingerprint density at radius 1 is 1.39 bits per heavy atom. The van der Waals surface area contributed by atoms with Crippen molar-refractivity contribution < 1.29 is 9.47 Å². The molecule has 1 aromatic carbocycles. The van der Waals surface area contributed by atoms with Crippen molar-refractivity contribution in [2.24, 2.45) is 0 Å². The highest BCUT2D eigenvalue weighted by atomic mass is 16.5. The zero-order valence-electron chi connectivity index (χ0n) is 10.8. The van der Waals surface area contributed by atoms with E-state index in [0.29, 0.717) is 0 Å². The van der Waals surface area contributed by atoms with E-state index in [1.54, 1.807) is 7.11 Å². The van der Waals surface area contributed by atoms with Gasteiger partial charge in [-0.3, -0.25) is 0 Å². The van der Waals surface area contributed by atoms with Gasteiger partial charge >= 0.3 is 0 Å². The summed E-state index contributed by atoms with van der Waals surface area (Å²) in [7, 11) is 1.70.